The number of hydrogen-bond donors (Lipinski definition) is 3. The van der Waals surface area contributed by atoms with E-state index >= 15 is 0 Å². The summed E-state index contributed by atoms with van der Waals surface area (Å²) in [4.78, 5) is 12.4. The van der Waals surface area contributed by atoms with Crippen LogP contribution in [-0.4, -0.2) is 34.9 Å². The first-order chi connectivity index (χ1) is 29.2. The van der Waals surface area contributed by atoms with Gasteiger partial charge in [0, 0.05) is 6.42 Å². The Hall–Kier alpha value is -0.870. The fraction of sp³-hybridized carbons (Fsp3) is 0.945. The minimum absolute atomic E-state index is 0.0354. The van der Waals surface area contributed by atoms with E-state index in [0.29, 0.717) is 12.8 Å². The molecule has 0 aliphatic heterocycles. The number of unbranched alkanes of at least 4 members (excludes halogenated alkanes) is 42. The van der Waals surface area contributed by atoms with E-state index in [1.54, 1.807) is 0 Å². The predicted octanol–water partition coefficient (Wildman–Crippen LogP) is 17.8. The van der Waals surface area contributed by atoms with Crippen LogP contribution < -0.4 is 5.32 Å². The molecule has 0 heterocycles. The zero-order valence-electron chi connectivity index (χ0n) is 40.6. The van der Waals surface area contributed by atoms with Gasteiger partial charge in [-0.2, -0.15) is 0 Å². The van der Waals surface area contributed by atoms with E-state index in [1.165, 1.54) is 263 Å². The number of carbonyl (C=O) groups is 1. The van der Waals surface area contributed by atoms with Gasteiger partial charge >= 0.3 is 0 Å². The van der Waals surface area contributed by atoms with Crippen molar-refractivity contribution in [2.45, 2.75) is 328 Å². The minimum atomic E-state index is -0.661. The first kappa shape index (κ1) is 58.1. The normalized spacial score (nSPS) is 12.8. The van der Waals surface area contributed by atoms with E-state index in [4.69, 9.17) is 0 Å². The van der Waals surface area contributed by atoms with Crippen LogP contribution in [0.4, 0.5) is 0 Å². The monoisotopic (exact) mass is 832 g/mol. The molecule has 0 rings (SSSR count). The number of aliphatic hydroxyl groups excluding tert-OH is 2. The van der Waals surface area contributed by atoms with Gasteiger partial charge in [-0.05, 0) is 38.5 Å². The molecule has 0 aromatic heterocycles. The first-order valence-corrected chi connectivity index (χ1v) is 27.4. The molecule has 2 atom stereocenters. The molecule has 1 amide bonds. The number of carbonyl (C=O) groups excluding carboxylic acids is 1. The summed E-state index contributed by atoms with van der Waals surface area (Å²) in [6.45, 7) is 4.38. The van der Waals surface area contributed by atoms with E-state index < -0.39 is 12.1 Å². The van der Waals surface area contributed by atoms with Gasteiger partial charge in [0.05, 0.1) is 18.8 Å². The highest BCUT2D eigenvalue weighted by Gasteiger charge is 2.20. The number of allylic oxidation sites excluding steroid dienone is 2. The third-order valence-electron chi connectivity index (χ3n) is 13.0. The third kappa shape index (κ3) is 48.0. The van der Waals surface area contributed by atoms with Gasteiger partial charge in [0.25, 0.3) is 0 Å². The molecular formula is C55H109NO3. The Balaban J connectivity index is 3.38. The molecule has 0 spiro atoms. The van der Waals surface area contributed by atoms with Gasteiger partial charge < -0.3 is 15.5 Å². The number of hydrogen-bond acceptors (Lipinski definition) is 3. The highest BCUT2D eigenvalue weighted by Crippen LogP contribution is 2.18. The summed E-state index contributed by atoms with van der Waals surface area (Å²) in [5.41, 5.74) is 0. The third-order valence-corrected chi connectivity index (χ3v) is 13.0. The molecule has 0 aromatic carbocycles. The highest BCUT2D eigenvalue weighted by atomic mass is 16.3. The summed E-state index contributed by atoms with van der Waals surface area (Å²) in [6, 6.07) is -0.538. The lowest BCUT2D eigenvalue weighted by Crippen LogP contribution is -2.45. The topological polar surface area (TPSA) is 69.6 Å². The molecule has 2 unspecified atom stereocenters. The van der Waals surface area contributed by atoms with E-state index in [9.17, 15) is 15.0 Å². The van der Waals surface area contributed by atoms with Crippen molar-refractivity contribution in [1.29, 1.82) is 0 Å². The van der Waals surface area contributed by atoms with Crippen LogP contribution in [0.2, 0.25) is 0 Å². The quantitative estimate of drug-likeness (QED) is 0.0422. The van der Waals surface area contributed by atoms with Gasteiger partial charge in [-0.25, -0.2) is 0 Å². The lowest BCUT2D eigenvalue weighted by atomic mass is 10.0. The lowest BCUT2D eigenvalue weighted by molar-refractivity contribution is -0.123. The summed E-state index contributed by atoms with van der Waals surface area (Å²) in [7, 11) is 0. The van der Waals surface area contributed by atoms with Crippen molar-refractivity contribution >= 4 is 5.91 Å². The van der Waals surface area contributed by atoms with Crippen molar-refractivity contribution in [2.75, 3.05) is 6.61 Å². The van der Waals surface area contributed by atoms with Crippen LogP contribution in [0.25, 0.3) is 0 Å². The number of rotatable bonds is 51. The SMILES string of the molecule is CCCCCCCC/C=C\CCCCCCCC(=O)NC(CO)C(O)CCCCCCCCCCCCCCCCCCCCCCCCCCCCCCCCCC. The second kappa shape index (κ2) is 51.5. The summed E-state index contributed by atoms with van der Waals surface area (Å²) < 4.78 is 0. The fourth-order valence-electron chi connectivity index (χ4n) is 8.83. The van der Waals surface area contributed by atoms with Crippen LogP contribution in [0.3, 0.4) is 0 Å². The molecule has 352 valence electrons. The smallest absolute Gasteiger partial charge is 0.220 e. The minimum Gasteiger partial charge on any atom is -0.394 e. The van der Waals surface area contributed by atoms with Crippen molar-refractivity contribution in [2.24, 2.45) is 0 Å². The second-order valence-corrected chi connectivity index (χ2v) is 19.0. The van der Waals surface area contributed by atoms with Crippen molar-refractivity contribution in [3.8, 4) is 0 Å². The lowest BCUT2D eigenvalue weighted by Gasteiger charge is -2.22. The summed E-state index contributed by atoms with van der Waals surface area (Å²) >= 11 is 0. The standard InChI is InChI=1S/C55H109NO3/c1-3-5-7-9-11-13-15-17-19-20-21-22-23-24-25-26-27-28-29-30-31-32-33-34-35-37-38-40-42-44-46-48-50-54(58)53(52-57)56-55(59)51-49-47-45-43-41-39-36-18-16-14-12-10-8-6-4-2/h18,36,53-54,57-58H,3-17,19-35,37-52H2,1-2H3,(H,56,59)/b36-18-. The molecule has 0 radical (unpaired) electrons. The maximum atomic E-state index is 12.4. The molecule has 0 aliphatic carbocycles. The molecule has 0 fully saturated rings. The average Bonchev–Trinajstić information content (AvgIpc) is 3.24. The van der Waals surface area contributed by atoms with E-state index in [-0.39, 0.29) is 12.5 Å². The van der Waals surface area contributed by atoms with Crippen LogP contribution in [0, 0.1) is 0 Å². The van der Waals surface area contributed by atoms with Gasteiger partial charge in [0.2, 0.25) is 5.91 Å². The molecular weight excluding hydrogens is 723 g/mol. The number of nitrogens with one attached hydrogen (secondary N) is 1. The highest BCUT2D eigenvalue weighted by molar-refractivity contribution is 5.76. The van der Waals surface area contributed by atoms with E-state index in [2.05, 4.69) is 31.3 Å². The van der Waals surface area contributed by atoms with Crippen LogP contribution in [0.15, 0.2) is 12.2 Å². The number of aliphatic hydroxyl groups is 2. The molecule has 0 bridgehead atoms. The Morgan fingerprint density at radius 1 is 0.390 bits per heavy atom. The van der Waals surface area contributed by atoms with Gasteiger partial charge in [0.1, 0.15) is 0 Å². The molecule has 4 nitrogen and oxygen atoms in total. The first-order valence-electron chi connectivity index (χ1n) is 27.4. The predicted molar refractivity (Wildman–Crippen MR) is 263 cm³/mol. The summed E-state index contributed by atoms with van der Waals surface area (Å²) in [5.74, 6) is -0.0354. The Bertz CT molecular complexity index is 814. The fourth-order valence-corrected chi connectivity index (χ4v) is 8.83. The second-order valence-electron chi connectivity index (χ2n) is 19.0. The van der Waals surface area contributed by atoms with E-state index in [0.717, 1.165) is 25.7 Å². The molecule has 3 N–H and O–H groups in total. The van der Waals surface area contributed by atoms with Crippen LogP contribution >= 0.6 is 0 Å². The Labute approximate surface area is 371 Å². The zero-order chi connectivity index (χ0) is 42.8. The van der Waals surface area contributed by atoms with Gasteiger partial charge in [-0.1, -0.05) is 283 Å². The van der Waals surface area contributed by atoms with Gasteiger partial charge in [-0.3, -0.25) is 4.79 Å². The number of amides is 1. The largest absolute Gasteiger partial charge is 0.394 e. The molecule has 4 heteroatoms. The molecule has 0 aliphatic rings. The molecule has 0 saturated carbocycles. The Morgan fingerprint density at radius 3 is 0.932 bits per heavy atom. The van der Waals surface area contributed by atoms with Crippen LogP contribution in [-0.2, 0) is 4.79 Å². The van der Waals surface area contributed by atoms with Crippen molar-refractivity contribution in [1.82, 2.24) is 5.32 Å². The van der Waals surface area contributed by atoms with E-state index in [1.807, 2.05) is 0 Å². The molecule has 59 heavy (non-hydrogen) atoms. The Morgan fingerprint density at radius 2 is 0.644 bits per heavy atom. The maximum absolute atomic E-state index is 12.4. The van der Waals surface area contributed by atoms with Crippen molar-refractivity contribution in [3.05, 3.63) is 12.2 Å². The van der Waals surface area contributed by atoms with Gasteiger partial charge in [-0.15, -0.1) is 0 Å². The zero-order valence-corrected chi connectivity index (χ0v) is 40.6. The van der Waals surface area contributed by atoms with Crippen LogP contribution in [0.1, 0.15) is 316 Å². The summed E-state index contributed by atoms with van der Waals surface area (Å²) in [6.07, 6.45) is 66.3. The maximum Gasteiger partial charge on any atom is 0.220 e. The average molecular weight is 832 g/mol. The van der Waals surface area contributed by atoms with Crippen molar-refractivity contribution in [3.63, 3.8) is 0 Å². The molecule has 0 aromatic rings. The Kier molecular flexibility index (Phi) is 50.7. The summed E-state index contributed by atoms with van der Waals surface area (Å²) in [5, 5.41) is 23.3. The van der Waals surface area contributed by atoms with Crippen molar-refractivity contribution < 1.29 is 15.0 Å². The molecule has 0 saturated heterocycles. The van der Waals surface area contributed by atoms with Crippen LogP contribution in [0.5, 0.6) is 0 Å². The van der Waals surface area contributed by atoms with Gasteiger partial charge in [0.15, 0.2) is 0 Å².